The van der Waals surface area contributed by atoms with Crippen LogP contribution in [-0.2, 0) is 17.7 Å². The van der Waals surface area contributed by atoms with E-state index in [2.05, 4.69) is 15.3 Å². The van der Waals surface area contributed by atoms with Crippen molar-refractivity contribution >= 4 is 5.97 Å². The first-order valence-corrected chi connectivity index (χ1v) is 6.41. The van der Waals surface area contributed by atoms with Gasteiger partial charge in [0.15, 0.2) is 11.5 Å². The van der Waals surface area contributed by atoms with Gasteiger partial charge in [0.2, 0.25) is 0 Å². The Labute approximate surface area is 112 Å². The van der Waals surface area contributed by atoms with Crippen molar-refractivity contribution in [3.63, 3.8) is 0 Å². The van der Waals surface area contributed by atoms with Gasteiger partial charge < -0.3 is 15.2 Å². The van der Waals surface area contributed by atoms with Gasteiger partial charge >= 0.3 is 5.97 Å². The van der Waals surface area contributed by atoms with Crippen molar-refractivity contribution in [3.8, 4) is 0 Å². The standard InChI is InChI=1S/C13H19N3O3/c1-7(2)11(19-3)12-15-9-4-5-14-6-8(9)10(16-12)13(17)18/h7,11,14H,4-6H2,1-3H3,(H,17,18). The summed E-state index contributed by atoms with van der Waals surface area (Å²) in [5.74, 6) is -0.357. The maximum atomic E-state index is 11.3. The summed E-state index contributed by atoms with van der Waals surface area (Å²) in [6, 6.07) is 0. The molecule has 2 rings (SSSR count). The molecule has 0 saturated heterocycles. The minimum Gasteiger partial charge on any atom is -0.476 e. The van der Waals surface area contributed by atoms with E-state index in [1.165, 1.54) is 0 Å². The second-order valence-electron chi connectivity index (χ2n) is 4.99. The molecular weight excluding hydrogens is 246 g/mol. The molecule has 2 N–H and O–H groups in total. The summed E-state index contributed by atoms with van der Waals surface area (Å²) in [4.78, 5) is 20.1. The minimum absolute atomic E-state index is 0.0925. The van der Waals surface area contributed by atoms with Crippen LogP contribution in [0.1, 0.15) is 47.5 Å². The topological polar surface area (TPSA) is 84.3 Å². The number of nitrogens with zero attached hydrogens (tertiary/aromatic N) is 2. The molecule has 1 aliphatic heterocycles. The normalized spacial score (nSPS) is 16.2. The van der Waals surface area contributed by atoms with Gasteiger partial charge in [-0.25, -0.2) is 14.8 Å². The van der Waals surface area contributed by atoms with E-state index < -0.39 is 5.97 Å². The number of carboxylic acid groups (broad SMARTS) is 1. The van der Waals surface area contributed by atoms with Gasteiger partial charge in [-0.05, 0) is 5.92 Å². The number of aromatic carboxylic acids is 1. The summed E-state index contributed by atoms with van der Waals surface area (Å²) in [5.41, 5.74) is 1.61. The maximum absolute atomic E-state index is 11.3. The zero-order valence-electron chi connectivity index (χ0n) is 11.4. The van der Waals surface area contributed by atoms with Crippen LogP contribution in [0.15, 0.2) is 0 Å². The number of methoxy groups -OCH3 is 1. The van der Waals surface area contributed by atoms with Crippen molar-refractivity contribution in [2.75, 3.05) is 13.7 Å². The molecule has 0 radical (unpaired) electrons. The molecule has 1 aliphatic rings. The molecule has 6 heteroatoms. The largest absolute Gasteiger partial charge is 0.476 e. The number of nitrogens with one attached hydrogen (secondary N) is 1. The maximum Gasteiger partial charge on any atom is 0.354 e. The Hall–Kier alpha value is -1.53. The summed E-state index contributed by atoms with van der Waals surface area (Å²) < 4.78 is 5.39. The third kappa shape index (κ3) is 2.74. The molecule has 19 heavy (non-hydrogen) atoms. The van der Waals surface area contributed by atoms with Crippen molar-refractivity contribution in [2.24, 2.45) is 5.92 Å². The van der Waals surface area contributed by atoms with Crippen LogP contribution in [0.2, 0.25) is 0 Å². The lowest BCUT2D eigenvalue weighted by atomic mass is 10.0. The Morgan fingerprint density at radius 2 is 2.16 bits per heavy atom. The average molecular weight is 265 g/mol. The Balaban J connectivity index is 2.52. The first kappa shape index (κ1) is 13.9. The van der Waals surface area contributed by atoms with Gasteiger partial charge in [0.05, 0.1) is 5.69 Å². The van der Waals surface area contributed by atoms with E-state index in [9.17, 15) is 9.90 Å². The Morgan fingerprint density at radius 1 is 1.42 bits per heavy atom. The molecule has 1 aromatic rings. The van der Waals surface area contributed by atoms with Gasteiger partial charge in [-0.1, -0.05) is 13.8 Å². The molecule has 2 heterocycles. The number of carboxylic acids is 1. The van der Waals surface area contributed by atoms with Gasteiger partial charge in [0.1, 0.15) is 6.10 Å². The predicted molar refractivity (Wildman–Crippen MR) is 69.0 cm³/mol. The lowest BCUT2D eigenvalue weighted by molar-refractivity contribution is 0.0558. The number of carbonyl (C=O) groups is 1. The van der Waals surface area contributed by atoms with Crippen molar-refractivity contribution < 1.29 is 14.6 Å². The average Bonchev–Trinajstić information content (AvgIpc) is 2.38. The van der Waals surface area contributed by atoms with Crippen molar-refractivity contribution in [2.45, 2.75) is 32.9 Å². The zero-order chi connectivity index (χ0) is 14.0. The summed E-state index contributed by atoms with van der Waals surface area (Å²) in [6.45, 7) is 5.32. The van der Waals surface area contributed by atoms with E-state index >= 15 is 0 Å². The van der Waals surface area contributed by atoms with Gasteiger partial charge in [-0.3, -0.25) is 0 Å². The van der Waals surface area contributed by atoms with Crippen LogP contribution in [0.25, 0.3) is 0 Å². The number of hydrogen-bond acceptors (Lipinski definition) is 5. The fourth-order valence-corrected chi connectivity index (χ4v) is 2.34. The van der Waals surface area contributed by atoms with Gasteiger partial charge in [0, 0.05) is 32.2 Å². The molecule has 6 nitrogen and oxygen atoms in total. The third-order valence-corrected chi connectivity index (χ3v) is 3.27. The van der Waals surface area contributed by atoms with Gasteiger partial charge in [-0.2, -0.15) is 0 Å². The minimum atomic E-state index is -1.01. The molecule has 0 spiro atoms. The van der Waals surface area contributed by atoms with Crippen LogP contribution in [-0.4, -0.2) is 34.7 Å². The molecule has 0 aromatic carbocycles. The molecule has 0 saturated carbocycles. The fraction of sp³-hybridized carbons (Fsp3) is 0.615. The lowest BCUT2D eigenvalue weighted by Crippen LogP contribution is -2.29. The number of aromatic nitrogens is 2. The Bertz CT molecular complexity index is 488. The monoisotopic (exact) mass is 265 g/mol. The highest BCUT2D eigenvalue weighted by Gasteiger charge is 2.26. The van der Waals surface area contributed by atoms with Crippen LogP contribution in [0, 0.1) is 5.92 Å². The highest BCUT2D eigenvalue weighted by Crippen LogP contribution is 2.25. The van der Waals surface area contributed by atoms with Crippen molar-refractivity contribution in [3.05, 3.63) is 22.8 Å². The Morgan fingerprint density at radius 3 is 2.74 bits per heavy atom. The van der Waals surface area contributed by atoms with Gasteiger partial charge in [0.25, 0.3) is 0 Å². The fourth-order valence-electron chi connectivity index (χ4n) is 2.34. The molecular formula is C13H19N3O3. The smallest absolute Gasteiger partial charge is 0.354 e. The van der Waals surface area contributed by atoms with Crippen LogP contribution in [0.5, 0.6) is 0 Å². The molecule has 0 amide bonds. The number of fused-ring (bicyclic) bond motifs is 1. The first-order chi connectivity index (χ1) is 9.04. The SMILES string of the molecule is COC(c1nc2c(c(C(=O)O)n1)CNCC2)C(C)C. The molecule has 0 aliphatic carbocycles. The third-order valence-electron chi connectivity index (χ3n) is 3.27. The van der Waals surface area contributed by atoms with E-state index in [1.54, 1.807) is 7.11 Å². The second-order valence-corrected chi connectivity index (χ2v) is 4.99. The number of ether oxygens (including phenoxy) is 1. The van der Waals surface area contributed by atoms with Crippen molar-refractivity contribution in [1.29, 1.82) is 0 Å². The molecule has 1 unspecified atom stereocenters. The highest BCUT2D eigenvalue weighted by molar-refractivity contribution is 5.87. The summed E-state index contributed by atoms with van der Waals surface area (Å²) in [5, 5.41) is 12.4. The molecule has 1 atom stereocenters. The van der Waals surface area contributed by atoms with E-state index in [-0.39, 0.29) is 17.7 Å². The lowest BCUT2D eigenvalue weighted by Gasteiger charge is -2.22. The molecule has 0 bridgehead atoms. The van der Waals surface area contributed by atoms with E-state index in [0.29, 0.717) is 17.9 Å². The number of rotatable bonds is 4. The first-order valence-electron chi connectivity index (χ1n) is 6.41. The Kier molecular flexibility index (Phi) is 4.11. The van der Waals surface area contributed by atoms with Crippen LogP contribution in [0.3, 0.4) is 0 Å². The van der Waals surface area contributed by atoms with E-state index in [4.69, 9.17) is 4.74 Å². The van der Waals surface area contributed by atoms with Crippen molar-refractivity contribution in [1.82, 2.24) is 15.3 Å². The highest BCUT2D eigenvalue weighted by atomic mass is 16.5. The summed E-state index contributed by atoms with van der Waals surface area (Å²) >= 11 is 0. The summed E-state index contributed by atoms with van der Waals surface area (Å²) in [6.07, 6.45) is 0.443. The number of hydrogen-bond donors (Lipinski definition) is 2. The van der Waals surface area contributed by atoms with Gasteiger partial charge in [-0.15, -0.1) is 0 Å². The van der Waals surface area contributed by atoms with Crippen LogP contribution >= 0.6 is 0 Å². The van der Waals surface area contributed by atoms with Crippen LogP contribution in [0.4, 0.5) is 0 Å². The van der Waals surface area contributed by atoms with Crippen LogP contribution < -0.4 is 5.32 Å². The molecule has 0 fully saturated rings. The second kappa shape index (κ2) is 5.63. The summed E-state index contributed by atoms with van der Waals surface area (Å²) in [7, 11) is 1.59. The molecule has 1 aromatic heterocycles. The predicted octanol–water partition coefficient (Wildman–Crippen LogP) is 1.16. The van der Waals surface area contributed by atoms with E-state index in [1.807, 2.05) is 13.8 Å². The quantitative estimate of drug-likeness (QED) is 0.850. The van der Waals surface area contributed by atoms with E-state index in [0.717, 1.165) is 18.7 Å². The zero-order valence-corrected chi connectivity index (χ0v) is 11.4. The molecule has 104 valence electrons.